The van der Waals surface area contributed by atoms with Gasteiger partial charge < -0.3 is 0 Å². The molecule has 0 nitrogen and oxygen atoms in total. The van der Waals surface area contributed by atoms with Crippen molar-refractivity contribution in [3.8, 4) is 0 Å². The highest BCUT2D eigenvalue weighted by molar-refractivity contribution is 5.36. The Morgan fingerprint density at radius 2 is 0.590 bits per heavy atom. The summed E-state index contributed by atoms with van der Waals surface area (Å²) in [4.78, 5) is 0. The van der Waals surface area contributed by atoms with Crippen molar-refractivity contribution >= 4 is 0 Å². The third-order valence-electron chi connectivity index (χ3n) is 8.97. The molecule has 0 bridgehead atoms. The summed E-state index contributed by atoms with van der Waals surface area (Å²) in [6, 6.07) is 7.24. The highest BCUT2D eigenvalue weighted by Gasteiger charge is 2.08. The standard InChI is InChI=1S/C39H72/c1-4-7-9-11-13-15-17-19-21-23-25-27-29-33-37-35-31-36-38(39(37)32-6-3)34-30-28-26-24-22-20-18-16-14-12-10-8-5-2/h31,35-36H,4-30,32-34H2,1-3H3. The van der Waals surface area contributed by atoms with E-state index in [1.54, 1.807) is 16.7 Å². The molecule has 1 rings (SSSR count). The van der Waals surface area contributed by atoms with Crippen LogP contribution in [0.1, 0.15) is 211 Å². The second-order valence-electron chi connectivity index (χ2n) is 12.8. The van der Waals surface area contributed by atoms with E-state index >= 15 is 0 Å². The van der Waals surface area contributed by atoms with Gasteiger partial charge >= 0.3 is 0 Å². The quantitative estimate of drug-likeness (QED) is 0.0851. The summed E-state index contributed by atoms with van der Waals surface area (Å²) in [5, 5.41) is 0. The molecule has 0 unspecified atom stereocenters. The lowest BCUT2D eigenvalue weighted by Gasteiger charge is -2.15. The summed E-state index contributed by atoms with van der Waals surface area (Å²) in [7, 11) is 0. The fourth-order valence-corrected chi connectivity index (χ4v) is 6.39. The summed E-state index contributed by atoms with van der Waals surface area (Å²) >= 11 is 0. The molecule has 0 heteroatoms. The van der Waals surface area contributed by atoms with Crippen LogP contribution in [0.25, 0.3) is 0 Å². The Morgan fingerprint density at radius 3 is 0.872 bits per heavy atom. The predicted molar refractivity (Wildman–Crippen MR) is 179 cm³/mol. The van der Waals surface area contributed by atoms with Crippen molar-refractivity contribution < 1.29 is 0 Å². The van der Waals surface area contributed by atoms with Gasteiger partial charge in [0, 0.05) is 0 Å². The average Bonchev–Trinajstić information content (AvgIpc) is 2.95. The fraction of sp³-hybridized carbons (Fsp3) is 0.846. The van der Waals surface area contributed by atoms with Crippen molar-refractivity contribution in [1.82, 2.24) is 0 Å². The second-order valence-corrected chi connectivity index (χ2v) is 12.8. The Bertz CT molecular complexity index is 566. The lowest BCUT2D eigenvalue weighted by Crippen LogP contribution is -2.01. The van der Waals surface area contributed by atoms with E-state index in [-0.39, 0.29) is 0 Å². The number of unbranched alkanes of at least 4 members (excludes halogenated alkanes) is 24. The van der Waals surface area contributed by atoms with Crippen molar-refractivity contribution in [2.45, 2.75) is 213 Å². The summed E-state index contributed by atoms with van der Waals surface area (Å²) in [5.74, 6) is 0. The molecule has 0 aliphatic carbocycles. The van der Waals surface area contributed by atoms with Crippen molar-refractivity contribution in [3.63, 3.8) is 0 Å². The van der Waals surface area contributed by atoms with E-state index in [2.05, 4.69) is 39.0 Å². The molecule has 0 saturated carbocycles. The zero-order valence-electron chi connectivity index (χ0n) is 27.4. The van der Waals surface area contributed by atoms with Crippen LogP contribution in [0.3, 0.4) is 0 Å². The van der Waals surface area contributed by atoms with Crippen LogP contribution in [0, 0.1) is 0 Å². The largest absolute Gasteiger partial charge is 0.0654 e. The first kappa shape index (κ1) is 36.2. The van der Waals surface area contributed by atoms with Crippen LogP contribution in [-0.2, 0) is 19.3 Å². The van der Waals surface area contributed by atoms with Gasteiger partial charge in [-0.15, -0.1) is 0 Å². The van der Waals surface area contributed by atoms with E-state index in [9.17, 15) is 0 Å². The molecule has 0 saturated heterocycles. The predicted octanol–water partition coefficient (Wildman–Crippen LogP) is 13.9. The van der Waals surface area contributed by atoms with Gasteiger partial charge in [-0.05, 0) is 48.8 Å². The molecule has 0 atom stereocenters. The smallest absolute Gasteiger partial charge is 0.0276 e. The highest BCUT2D eigenvalue weighted by atomic mass is 14.1. The number of hydrogen-bond donors (Lipinski definition) is 0. The Hall–Kier alpha value is -0.780. The molecule has 0 fully saturated rings. The third kappa shape index (κ3) is 21.6. The van der Waals surface area contributed by atoms with E-state index in [4.69, 9.17) is 0 Å². The number of benzene rings is 1. The van der Waals surface area contributed by atoms with E-state index in [1.807, 2.05) is 0 Å². The first-order chi connectivity index (χ1) is 19.3. The van der Waals surface area contributed by atoms with Gasteiger partial charge in [0.05, 0.1) is 0 Å². The van der Waals surface area contributed by atoms with Crippen molar-refractivity contribution in [2.24, 2.45) is 0 Å². The minimum Gasteiger partial charge on any atom is -0.0654 e. The number of aryl methyl sites for hydroxylation is 2. The van der Waals surface area contributed by atoms with Gasteiger partial charge in [-0.3, -0.25) is 0 Å². The first-order valence-electron chi connectivity index (χ1n) is 18.4. The fourth-order valence-electron chi connectivity index (χ4n) is 6.39. The highest BCUT2D eigenvalue weighted by Crippen LogP contribution is 2.23. The monoisotopic (exact) mass is 541 g/mol. The molecule has 0 heterocycles. The molecule has 0 amide bonds. The van der Waals surface area contributed by atoms with Crippen LogP contribution < -0.4 is 0 Å². The normalized spacial score (nSPS) is 11.5. The molecule has 0 aliphatic rings. The van der Waals surface area contributed by atoms with Crippen molar-refractivity contribution in [3.05, 3.63) is 34.9 Å². The maximum Gasteiger partial charge on any atom is -0.0276 e. The Balaban J connectivity index is 2.11. The summed E-state index contributed by atoms with van der Waals surface area (Å²) in [6.07, 6.45) is 42.7. The Kier molecular flexibility index (Phi) is 26.7. The SMILES string of the molecule is CCCCCCCCCCCCCCCc1cccc(CCCCCCCCCCCCCCC)c1CCC. The molecule has 39 heavy (non-hydrogen) atoms. The minimum atomic E-state index is 1.28. The number of hydrogen-bond acceptors (Lipinski definition) is 0. The molecule has 0 radical (unpaired) electrons. The molecular formula is C39H72. The van der Waals surface area contributed by atoms with E-state index in [0.29, 0.717) is 0 Å². The van der Waals surface area contributed by atoms with Gasteiger partial charge in [0.25, 0.3) is 0 Å². The van der Waals surface area contributed by atoms with Gasteiger partial charge in [0.2, 0.25) is 0 Å². The van der Waals surface area contributed by atoms with Gasteiger partial charge in [-0.1, -0.05) is 199 Å². The molecule has 1 aromatic carbocycles. The molecular weight excluding hydrogens is 468 g/mol. The van der Waals surface area contributed by atoms with Crippen LogP contribution in [0.15, 0.2) is 18.2 Å². The number of rotatable bonds is 30. The van der Waals surface area contributed by atoms with Crippen LogP contribution in [0.4, 0.5) is 0 Å². The van der Waals surface area contributed by atoms with Crippen LogP contribution >= 0.6 is 0 Å². The van der Waals surface area contributed by atoms with Gasteiger partial charge in [0.1, 0.15) is 0 Å². The molecule has 228 valence electrons. The maximum atomic E-state index is 2.44. The topological polar surface area (TPSA) is 0 Å². The maximum absolute atomic E-state index is 2.44. The first-order valence-corrected chi connectivity index (χ1v) is 18.4. The summed E-state index contributed by atoms with van der Waals surface area (Å²) < 4.78 is 0. The zero-order chi connectivity index (χ0) is 28.1. The lowest BCUT2D eigenvalue weighted by molar-refractivity contribution is 0.538. The van der Waals surface area contributed by atoms with E-state index in [1.165, 1.54) is 193 Å². The van der Waals surface area contributed by atoms with Gasteiger partial charge in [-0.25, -0.2) is 0 Å². The van der Waals surface area contributed by atoms with Crippen LogP contribution in [0.5, 0.6) is 0 Å². The van der Waals surface area contributed by atoms with Gasteiger partial charge in [0.15, 0.2) is 0 Å². The summed E-state index contributed by atoms with van der Waals surface area (Å²) in [5.41, 5.74) is 5.07. The zero-order valence-corrected chi connectivity index (χ0v) is 27.4. The van der Waals surface area contributed by atoms with Crippen LogP contribution in [0.2, 0.25) is 0 Å². The molecule has 0 aliphatic heterocycles. The second kappa shape index (κ2) is 28.7. The van der Waals surface area contributed by atoms with E-state index in [0.717, 1.165) is 0 Å². The molecule has 0 aromatic heterocycles. The van der Waals surface area contributed by atoms with Gasteiger partial charge in [-0.2, -0.15) is 0 Å². The molecule has 1 aromatic rings. The van der Waals surface area contributed by atoms with Crippen molar-refractivity contribution in [1.29, 1.82) is 0 Å². The molecule has 0 N–H and O–H groups in total. The van der Waals surface area contributed by atoms with Crippen LogP contribution in [-0.4, -0.2) is 0 Å². The minimum absolute atomic E-state index is 1.28. The molecule has 0 spiro atoms. The third-order valence-corrected chi connectivity index (χ3v) is 8.97. The van der Waals surface area contributed by atoms with E-state index < -0.39 is 0 Å². The van der Waals surface area contributed by atoms with Crippen molar-refractivity contribution in [2.75, 3.05) is 0 Å². The summed E-state index contributed by atoms with van der Waals surface area (Å²) in [6.45, 7) is 6.97. The lowest BCUT2D eigenvalue weighted by atomic mass is 9.91. The Morgan fingerprint density at radius 1 is 0.308 bits per heavy atom. The Labute approximate surface area is 247 Å². The average molecular weight is 541 g/mol.